The zero-order chi connectivity index (χ0) is 16.4. The number of hydrogen-bond acceptors (Lipinski definition) is 6. The Morgan fingerprint density at radius 1 is 1.22 bits per heavy atom. The van der Waals surface area contributed by atoms with Gasteiger partial charge in [0.25, 0.3) is 0 Å². The molecule has 0 bridgehead atoms. The Morgan fingerprint density at radius 3 is 2.65 bits per heavy atom. The van der Waals surface area contributed by atoms with Gasteiger partial charge in [-0.15, -0.1) is 11.3 Å². The number of aromatic nitrogens is 2. The second kappa shape index (κ2) is 6.23. The molecule has 0 saturated heterocycles. The highest BCUT2D eigenvalue weighted by molar-refractivity contribution is 7.89. The fraction of sp³-hybridized carbons (Fsp3) is 0.200. The minimum atomic E-state index is -3.64. The summed E-state index contributed by atoms with van der Waals surface area (Å²) >= 11 is 1.60. The van der Waals surface area contributed by atoms with Crippen molar-refractivity contribution in [3.05, 3.63) is 47.1 Å². The van der Waals surface area contributed by atoms with Crippen LogP contribution in [-0.2, 0) is 16.4 Å². The summed E-state index contributed by atoms with van der Waals surface area (Å²) in [5.74, 6) is 0.829. The van der Waals surface area contributed by atoms with Crippen LogP contribution in [0.2, 0.25) is 0 Å². The second-order valence-electron chi connectivity index (χ2n) is 5.19. The largest absolute Gasteiger partial charge is 0.369 e. The first-order valence-electron chi connectivity index (χ1n) is 6.99. The van der Waals surface area contributed by atoms with Crippen LogP contribution in [0, 0.1) is 6.92 Å². The number of benzene rings is 1. The third kappa shape index (κ3) is 3.49. The molecular weight excluding hydrogens is 332 g/mol. The van der Waals surface area contributed by atoms with E-state index >= 15 is 0 Å². The van der Waals surface area contributed by atoms with Gasteiger partial charge in [0.1, 0.15) is 17.0 Å². The first-order valence-corrected chi connectivity index (χ1v) is 9.42. The number of hydrogen-bond donors (Lipinski definition) is 2. The van der Waals surface area contributed by atoms with Crippen molar-refractivity contribution in [2.24, 2.45) is 5.14 Å². The molecule has 3 aromatic rings. The molecule has 0 aliphatic rings. The van der Waals surface area contributed by atoms with Crippen molar-refractivity contribution in [3.8, 4) is 0 Å². The third-order valence-electron chi connectivity index (χ3n) is 3.51. The average Bonchev–Trinajstić information content (AvgIpc) is 2.89. The Hall–Kier alpha value is -2.03. The molecule has 0 atom stereocenters. The number of aryl methyl sites for hydroxylation is 1. The number of anilines is 1. The molecule has 6 nitrogen and oxygen atoms in total. The molecule has 0 saturated carbocycles. The van der Waals surface area contributed by atoms with Gasteiger partial charge in [-0.3, -0.25) is 0 Å². The van der Waals surface area contributed by atoms with Gasteiger partial charge in [0.05, 0.1) is 10.3 Å². The van der Waals surface area contributed by atoms with E-state index in [1.807, 2.05) is 6.92 Å². The summed E-state index contributed by atoms with van der Waals surface area (Å²) in [7, 11) is -3.64. The van der Waals surface area contributed by atoms with Crippen molar-refractivity contribution < 1.29 is 8.42 Å². The smallest absolute Gasteiger partial charge is 0.238 e. The third-order valence-corrected chi connectivity index (χ3v) is 5.45. The number of nitrogens with two attached hydrogens (primary N) is 1. The summed E-state index contributed by atoms with van der Waals surface area (Å²) in [4.78, 5) is 9.66. The van der Waals surface area contributed by atoms with Crippen LogP contribution < -0.4 is 10.5 Å². The molecule has 3 rings (SSSR count). The topological polar surface area (TPSA) is 98.0 Å². The molecule has 0 radical (unpaired) electrons. The van der Waals surface area contributed by atoms with Gasteiger partial charge in [-0.1, -0.05) is 12.1 Å². The van der Waals surface area contributed by atoms with Gasteiger partial charge >= 0.3 is 0 Å². The van der Waals surface area contributed by atoms with E-state index in [2.05, 4.69) is 20.7 Å². The van der Waals surface area contributed by atoms with Gasteiger partial charge in [0.15, 0.2) is 0 Å². The van der Waals surface area contributed by atoms with Crippen LogP contribution in [0.3, 0.4) is 0 Å². The number of sulfonamides is 1. The summed E-state index contributed by atoms with van der Waals surface area (Å²) in [6.45, 7) is 2.73. The minimum Gasteiger partial charge on any atom is -0.369 e. The Morgan fingerprint density at radius 2 is 1.96 bits per heavy atom. The zero-order valence-electron chi connectivity index (χ0n) is 12.5. The Labute approximate surface area is 138 Å². The molecule has 0 aliphatic heterocycles. The van der Waals surface area contributed by atoms with Crippen LogP contribution in [0.15, 0.2) is 40.9 Å². The predicted octanol–water partition coefficient (Wildman–Crippen LogP) is 2.30. The van der Waals surface area contributed by atoms with Crippen molar-refractivity contribution >= 4 is 37.4 Å². The summed E-state index contributed by atoms with van der Waals surface area (Å²) in [6.07, 6.45) is 2.31. The number of thiophene rings is 1. The van der Waals surface area contributed by atoms with E-state index in [4.69, 9.17) is 5.14 Å². The number of fused-ring (bicyclic) bond motifs is 1. The summed E-state index contributed by atoms with van der Waals surface area (Å²) in [5, 5.41) is 11.5. The van der Waals surface area contributed by atoms with Crippen molar-refractivity contribution in [2.75, 3.05) is 11.9 Å². The molecule has 1 aromatic carbocycles. The molecule has 3 N–H and O–H groups in total. The van der Waals surface area contributed by atoms with Crippen molar-refractivity contribution in [3.63, 3.8) is 0 Å². The molecule has 23 heavy (non-hydrogen) atoms. The standard InChI is InChI=1S/C15H16N4O2S2/c1-10-8-22-15-13(10)14(18-9-19-15)17-7-6-11-2-4-12(5-3-11)23(16,20)21/h2-5,8-9H,6-7H2,1H3,(H2,16,20,21)(H,17,18,19). The van der Waals surface area contributed by atoms with Gasteiger partial charge in [0, 0.05) is 6.54 Å². The van der Waals surface area contributed by atoms with Gasteiger partial charge in [-0.2, -0.15) is 0 Å². The molecule has 0 spiro atoms. The molecule has 120 valence electrons. The second-order valence-corrected chi connectivity index (χ2v) is 7.61. The van der Waals surface area contributed by atoms with Gasteiger partial charge in [0.2, 0.25) is 10.0 Å². The summed E-state index contributed by atoms with van der Waals surface area (Å²) < 4.78 is 22.5. The van der Waals surface area contributed by atoms with Crippen LogP contribution in [0.1, 0.15) is 11.1 Å². The molecule has 0 aliphatic carbocycles. The molecule has 0 fully saturated rings. The number of nitrogens with one attached hydrogen (secondary N) is 1. The van der Waals surface area contributed by atoms with E-state index in [-0.39, 0.29) is 4.90 Å². The number of rotatable bonds is 5. The molecule has 0 amide bonds. The van der Waals surface area contributed by atoms with Crippen molar-refractivity contribution in [2.45, 2.75) is 18.2 Å². The van der Waals surface area contributed by atoms with Crippen LogP contribution >= 0.6 is 11.3 Å². The Balaban J connectivity index is 1.68. The molecule has 0 unspecified atom stereocenters. The van der Waals surface area contributed by atoms with E-state index in [9.17, 15) is 8.42 Å². The highest BCUT2D eigenvalue weighted by atomic mass is 32.2. The van der Waals surface area contributed by atoms with Gasteiger partial charge < -0.3 is 5.32 Å². The highest BCUT2D eigenvalue weighted by Gasteiger charge is 2.09. The lowest BCUT2D eigenvalue weighted by Crippen LogP contribution is -2.12. The summed E-state index contributed by atoms with van der Waals surface area (Å²) in [5.41, 5.74) is 2.18. The first-order chi connectivity index (χ1) is 10.9. The average molecular weight is 348 g/mol. The van der Waals surface area contributed by atoms with E-state index in [0.717, 1.165) is 33.6 Å². The SMILES string of the molecule is Cc1csc2ncnc(NCCc3ccc(S(N)(=O)=O)cc3)c12. The maximum Gasteiger partial charge on any atom is 0.238 e. The highest BCUT2D eigenvalue weighted by Crippen LogP contribution is 2.28. The molecule has 2 aromatic heterocycles. The van der Waals surface area contributed by atoms with Gasteiger partial charge in [-0.05, 0) is 42.0 Å². The van der Waals surface area contributed by atoms with E-state index in [0.29, 0.717) is 6.54 Å². The summed E-state index contributed by atoms with van der Waals surface area (Å²) in [6, 6.07) is 6.59. The Kier molecular flexibility index (Phi) is 4.29. The monoisotopic (exact) mass is 348 g/mol. The van der Waals surface area contributed by atoms with Crippen molar-refractivity contribution in [1.29, 1.82) is 0 Å². The molecular formula is C15H16N4O2S2. The lowest BCUT2D eigenvalue weighted by Gasteiger charge is -2.07. The van der Waals surface area contributed by atoms with Crippen molar-refractivity contribution in [1.82, 2.24) is 9.97 Å². The zero-order valence-corrected chi connectivity index (χ0v) is 14.1. The number of nitrogens with zero attached hydrogens (tertiary/aromatic N) is 2. The predicted molar refractivity (Wildman–Crippen MR) is 92.2 cm³/mol. The van der Waals surface area contributed by atoms with Gasteiger partial charge in [-0.25, -0.2) is 23.5 Å². The fourth-order valence-electron chi connectivity index (χ4n) is 2.32. The number of primary sulfonamides is 1. The van der Waals surface area contributed by atoms with E-state index in [1.165, 1.54) is 12.1 Å². The van der Waals surface area contributed by atoms with E-state index < -0.39 is 10.0 Å². The molecule has 2 heterocycles. The maximum atomic E-state index is 11.2. The minimum absolute atomic E-state index is 0.126. The first kappa shape index (κ1) is 15.9. The van der Waals surface area contributed by atoms with Crippen LogP contribution in [0.5, 0.6) is 0 Å². The quantitative estimate of drug-likeness (QED) is 0.737. The van der Waals surface area contributed by atoms with Crippen LogP contribution in [-0.4, -0.2) is 24.9 Å². The van der Waals surface area contributed by atoms with Crippen LogP contribution in [0.25, 0.3) is 10.2 Å². The Bertz CT molecular complexity index is 934. The lowest BCUT2D eigenvalue weighted by molar-refractivity contribution is 0.598. The lowest BCUT2D eigenvalue weighted by atomic mass is 10.1. The fourth-order valence-corrected chi connectivity index (χ4v) is 3.73. The normalized spacial score (nSPS) is 11.7. The maximum absolute atomic E-state index is 11.2. The van der Waals surface area contributed by atoms with E-state index in [1.54, 1.807) is 29.8 Å². The molecule has 8 heteroatoms. The van der Waals surface area contributed by atoms with Crippen LogP contribution in [0.4, 0.5) is 5.82 Å².